The van der Waals surface area contributed by atoms with Crippen LogP contribution in [0, 0.1) is 6.92 Å². The first-order valence-corrected chi connectivity index (χ1v) is 9.10. The van der Waals surface area contributed by atoms with Crippen molar-refractivity contribution in [3.05, 3.63) is 65.5 Å². The molecule has 2 aliphatic rings. The van der Waals surface area contributed by atoms with Gasteiger partial charge in [0.25, 0.3) is 0 Å². The van der Waals surface area contributed by atoms with Crippen LogP contribution in [0.15, 0.2) is 48.7 Å². The number of hydrogen-bond donors (Lipinski definition) is 1. The van der Waals surface area contributed by atoms with E-state index in [2.05, 4.69) is 53.2 Å². The Morgan fingerprint density at radius 2 is 1.79 bits per heavy atom. The minimum Gasteiger partial charge on any atom is -0.383 e. The summed E-state index contributed by atoms with van der Waals surface area (Å²) in [5.74, 6) is 0. The number of hydrogen-bond acceptors (Lipinski definition) is 3. The number of aromatic nitrogens is 1. The zero-order chi connectivity index (χ0) is 16.6. The average Bonchev–Trinajstić information content (AvgIpc) is 2.57. The van der Waals surface area contributed by atoms with E-state index in [1.54, 1.807) is 0 Å². The number of nitrogens with zero attached hydrogens (tertiary/aromatic N) is 2. The number of rotatable bonds is 3. The molecule has 2 fully saturated rings. The Morgan fingerprint density at radius 1 is 1.08 bits per heavy atom. The standard InChI is InChI=1S/C21H26N2O/c1-16-7-6-12-22-20(16)21(24)13-18-10-5-11-19(14-21)23(18)15-17-8-3-2-4-9-17/h2-4,6-9,12,18-19,24H,5,10-11,13-15H2,1H3. The molecule has 1 aromatic carbocycles. The molecule has 3 heteroatoms. The van der Waals surface area contributed by atoms with Crippen molar-refractivity contribution in [1.29, 1.82) is 0 Å². The second-order valence-corrected chi connectivity index (χ2v) is 7.51. The molecular formula is C21H26N2O. The Kier molecular flexibility index (Phi) is 4.15. The maximum absolute atomic E-state index is 11.4. The van der Waals surface area contributed by atoms with Gasteiger partial charge < -0.3 is 5.11 Å². The number of pyridine rings is 1. The van der Waals surface area contributed by atoms with Crippen molar-refractivity contribution < 1.29 is 5.11 Å². The van der Waals surface area contributed by atoms with E-state index in [4.69, 9.17) is 0 Å². The summed E-state index contributed by atoms with van der Waals surface area (Å²) in [7, 11) is 0. The van der Waals surface area contributed by atoms with Crippen molar-refractivity contribution >= 4 is 0 Å². The first kappa shape index (κ1) is 15.8. The predicted molar refractivity (Wildman–Crippen MR) is 95.5 cm³/mol. The summed E-state index contributed by atoms with van der Waals surface area (Å²) in [6, 6.07) is 15.6. The topological polar surface area (TPSA) is 36.4 Å². The Labute approximate surface area is 144 Å². The summed E-state index contributed by atoms with van der Waals surface area (Å²) in [6.45, 7) is 3.06. The average molecular weight is 322 g/mol. The molecule has 0 spiro atoms. The van der Waals surface area contributed by atoms with Gasteiger partial charge in [-0.15, -0.1) is 0 Å². The molecule has 126 valence electrons. The number of aryl methyl sites for hydroxylation is 1. The molecule has 2 atom stereocenters. The summed E-state index contributed by atoms with van der Waals surface area (Å²) in [5, 5.41) is 11.4. The lowest BCUT2D eigenvalue weighted by atomic mass is 9.73. The molecule has 2 bridgehead atoms. The highest BCUT2D eigenvalue weighted by molar-refractivity contribution is 5.26. The van der Waals surface area contributed by atoms with E-state index in [0.29, 0.717) is 12.1 Å². The molecule has 4 rings (SSSR count). The fourth-order valence-electron chi connectivity index (χ4n) is 4.74. The molecule has 0 saturated carbocycles. The van der Waals surface area contributed by atoms with Crippen LogP contribution < -0.4 is 0 Å². The second-order valence-electron chi connectivity index (χ2n) is 7.51. The highest BCUT2D eigenvalue weighted by atomic mass is 16.3. The van der Waals surface area contributed by atoms with Crippen molar-refractivity contribution in [3.63, 3.8) is 0 Å². The molecule has 0 aliphatic carbocycles. The molecule has 24 heavy (non-hydrogen) atoms. The van der Waals surface area contributed by atoms with Gasteiger partial charge in [-0.2, -0.15) is 0 Å². The SMILES string of the molecule is Cc1cccnc1C1(O)CC2CCCC(C1)N2Cc1ccccc1. The summed E-state index contributed by atoms with van der Waals surface area (Å²) in [6.07, 6.45) is 7.04. The number of piperidine rings is 2. The quantitative estimate of drug-likeness (QED) is 0.934. The molecule has 3 nitrogen and oxygen atoms in total. The molecule has 2 aliphatic heterocycles. The highest BCUT2D eigenvalue weighted by Crippen LogP contribution is 2.44. The van der Waals surface area contributed by atoms with E-state index in [0.717, 1.165) is 30.6 Å². The fourth-order valence-corrected chi connectivity index (χ4v) is 4.74. The maximum atomic E-state index is 11.4. The molecule has 0 radical (unpaired) electrons. The Hall–Kier alpha value is -1.71. The van der Waals surface area contributed by atoms with Crippen LogP contribution in [0.2, 0.25) is 0 Å². The fraction of sp³-hybridized carbons (Fsp3) is 0.476. The van der Waals surface area contributed by atoms with Crippen molar-refractivity contribution in [1.82, 2.24) is 9.88 Å². The molecular weight excluding hydrogens is 296 g/mol. The first-order chi connectivity index (χ1) is 11.7. The van der Waals surface area contributed by atoms with Gasteiger partial charge in [-0.05, 0) is 49.8 Å². The number of benzene rings is 1. The Balaban J connectivity index is 1.60. The lowest BCUT2D eigenvalue weighted by Gasteiger charge is -2.52. The second kappa shape index (κ2) is 6.30. The minimum atomic E-state index is -0.770. The summed E-state index contributed by atoms with van der Waals surface area (Å²) < 4.78 is 0. The number of aliphatic hydroxyl groups is 1. The summed E-state index contributed by atoms with van der Waals surface area (Å²) in [5.41, 5.74) is 2.60. The molecule has 2 saturated heterocycles. The lowest BCUT2D eigenvalue weighted by molar-refractivity contribution is -0.102. The van der Waals surface area contributed by atoms with Gasteiger partial charge in [0.05, 0.1) is 5.69 Å². The van der Waals surface area contributed by atoms with Crippen molar-refractivity contribution in [2.24, 2.45) is 0 Å². The third-order valence-electron chi connectivity index (χ3n) is 5.82. The van der Waals surface area contributed by atoms with Crippen molar-refractivity contribution in [2.75, 3.05) is 0 Å². The molecule has 2 unspecified atom stereocenters. The van der Waals surface area contributed by atoms with Crippen LogP contribution in [-0.4, -0.2) is 27.1 Å². The smallest absolute Gasteiger partial charge is 0.110 e. The van der Waals surface area contributed by atoms with Gasteiger partial charge in [0, 0.05) is 24.8 Å². The van der Waals surface area contributed by atoms with E-state index in [-0.39, 0.29) is 0 Å². The normalized spacial score (nSPS) is 30.2. The van der Waals surface area contributed by atoms with Gasteiger partial charge in [-0.1, -0.05) is 42.8 Å². The predicted octanol–water partition coefficient (Wildman–Crippen LogP) is 3.79. The van der Waals surface area contributed by atoms with E-state index < -0.39 is 5.60 Å². The summed E-state index contributed by atoms with van der Waals surface area (Å²) in [4.78, 5) is 7.17. The zero-order valence-electron chi connectivity index (χ0n) is 14.4. The van der Waals surface area contributed by atoms with Crippen LogP contribution in [0.5, 0.6) is 0 Å². The highest BCUT2D eigenvalue weighted by Gasteiger charge is 2.47. The largest absolute Gasteiger partial charge is 0.383 e. The van der Waals surface area contributed by atoms with E-state index >= 15 is 0 Å². The molecule has 1 aromatic heterocycles. The first-order valence-electron chi connectivity index (χ1n) is 9.10. The van der Waals surface area contributed by atoms with Crippen LogP contribution in [0.4, 0.5) is 0 Å². The molecule has 1 N–H and O–H groups in total. The van der Waals surface area contributed by atoms with E-state index in [9.17, 15) is 5.11 Å². The molecule has 2 aromatic rings. The van der Waals surface area contributed by atoms with Gasteiger partial charge in [0.2, 0.25) is 0 Å². The van der Waals surface area contributed by atoms with Gasteiger partial charge in [0.1, 0.15) is 5.60 Å². The van der Waals surface area contributed by atoms with Gasteiger partial charge in [-0.25, -0.2) is 0 Å². The number of fused-ring (bicyclic) bond motifs is 2. The third kappa shape index (κ3) is 2.87. The van der Waals surface area contributed by atoms with Crippen molar-refractivity contribution in [3.8, 4) is 0 Å². The van der Waals surface area contributed by atoms with Gasteiger partial charge in [-0.3, -0.25) is 9.88 Å². The Bertz CT molecular complexity index is 686. The minimum absolute atomic E-state index is 0.448. The molecule has 0 amide bonds. The Morgan fingerprint density at radius 3 is 2.46 bits per heavy atom. The van der Waals surface area contributed by atoms with Crippen LogP contribution >= 0.6 is 0 Å². The van der Waals surface area contributed by atoms with Crippen LogP contribution in [-0.2, 0) is 12.1 Å². The van der Waals surface area contributed by atoms with Crippen LogP contribution in [0.25, 0.3) is 0 Å². The van der Waals surface area contributed by atoms with E-state index in [1.807, 2.05) is 12.3 Å². The van der Waals surface area contributed by atoms with Crippen molar-refractivity contribution in [2.45, 2.75) is 63.3 Å². The monoisotopic (exact) mass is 322 g/mol. The van der Waals surface area contributed by atoms with Gasteiger partial charge in [0.15, 0.2) is 0 Å². The summed E-state index contributed by atoms with van der Waals surface area (Å²) >= 11 is 0. The molecule has 3 heterocycles. The van der Waals surface area contributed by atoms with Crippen LogP contribution in [0.3, 0.4) is 0 Å². The zero-order valence-corrected chi connectivity index (χ0v) is 14.4. The maximum Gasteiger partial charge on any atom is 0.110 e. The van der Waals surface area contributed by atoms with Crippen LogP contribution in [0.1, 0.15) is 48.9 Å². The van der Waals surface area contributed by atoms with E-state index in [1.165, 1.54) is 24.8 Å². The lowest BCUT2D eigenvalue weighted by Crippen LogP contribution is -2.56. The van der Waals surface area contributed by atoms with Gasteiger partial charge >= 0.3 is 0 Å². The third-order valence-corrected chi connectivity index (χ3v) is 5.82.